The molecular weight excluding hydrogens is 889 g/mol. The Labute approximate surface area is 441 Å². The zero-order valence-electron chi connectivity index (χ0n) is 45.9. The third-order valence-corrected chi connectivity index (χ3v) is 11.3. The normalized spacial score (nSPS) is 13.3. The second kappa shape index (κ2) is 58.6. The average Bonchev–Trinajstić information content (AvgIpc) is 3.38. The molecule has 0 N–H and O–H groups in total. The van der Waals surface area contributed by atoms with Crippen LogP contribution in [0.2, 0.25) is 0 Å². The summed E-state index contributed by atoms with van der Waals surface area (Å²) in [7, 11) is 0. The molecule has 0 aliphatic rings. The van der Waals surface area contributed by atoms with Gasteiger partial charge in [-0.15, -0.1) is 0 Å². The fraction of sp³-hybridized carbons (Fsp3) is 0.561. The number of allylic oxidation sites excluding steroid dienone is 26. The summed E-state index contributed by atoms with van der Waals surface area (Å²) in [5.74, 6) is -1.06. The van der Waals surface area contributed by atoms with Gasteiger partial charge in [0.15, 0.2) is 6.10 Å². The van der Waals surface area contributed by atoms with Crippen molar-refractivity contribution in [3.63, 3.8) is 0 Å². The fourth-order valence-corrected chi connectivity index (χ4v) is 7.09. The highest BCUT2D eigenvalue weighted by Gasteiger charge is 2.19. The first-order chi connectivity index (χ1) is 35.5. The van der Waals surface area contributed by atoms with E-state index < -0.39 is 12.1 Å². The van der Waals surface area contributed by atoms with Crippen molar-refractivity contribution in [1.82, 2.24) is 0 Å². The molecular formula is C66H102O6. The summed E-state index contributed by atoms with van der Waals surface area (Å²) in [6, 6.07) is 0. The van der Waals surface area contributed by atoms with Crippen molar-refractivity contribution in [2.75, 3.05) is 13.2 Å². The van der Waals surface area contributed by atoms with E-state index in [9.17, 15) is 14.4 Å². The Kier molecular flexibility index (Phi) is 54.6. The number of hydrogen-bond donors (Lipinski definition) is 0. The second-order valence-corrected chi connectivity index (χ2v) is 18.1. The summed E-state index contributed by atoms with van der Waals surface area (Å²) < 4.78 is 16.7. The first kappa shape index (κ1) is 67.0. The van der Waals surface area contributed by atoms with Crippen molar-refractivity contribution in [2.24, 2.45) is 0 Å². The number of esters is 3. The first-order valence-electron chi connectivity index (χ1n) is 28.5. The van der Waals surface area contributed by atoms with Crippen molar-refractivity contribution >= 4 is 17.9 Å². The third kappa shape index (κ3) is 56.0. The van der Waals surface area contributed by atoms with E-state index in [-0.39, 0.29) is 31.6 Å². The molecule has 402 valence electrons. The summed E-state index contributed by atoms with van der Waals surface area (Å²) >= 11 is 0. The van der Waals surface area contributed by atoms with Gasteiger partial charge in [0.05, 0.1) is 0 Å². The molecule has 6 nitrogen and oxygen atoms in total. The molecule has 0 aromatic rings. The minimum atomic E-state index is -0.838. The molecule has 0 aromatic carbocycles. The first-order valence-corrected chi connectivity index (χ1v) is 28.5. The molecule has 0 aromatic heterocycles. The van der Waals surface area contributed by atoms with Crippen LogP contribution in [0, 0.1) is 0 Å². The van der Waals surface area contributed by atoms with E-state index in [0.29, 0.717) is 19.3 Å². The Balaban J connectivity index is 4.51. The summed E-state index contributed by atoms with van der Waals surface area (Å²) in [5, 5.41) is 0. The standard InChI is InChI=1S/C66H102O6/c1-4-7-10-13-16-19-22-24-26-28-30-31-32-33-34-35-37-38-40-42-44-47-50-53-56-59-65(68)71-62-63(61-70-64(67)58-55-52-49-46-21-18-15-12-9-6-3)72-66(69)60-57-54-51-48-45-43-41-39-36-29-27-25-23-20-17-14-11-8-5-2/h7-8,10-11,16-17,19-20,24-27,30-31,33-34,36-39,42-45,51,54,63H,4-6,9,12-15,18,21-23,28-29,32,35,40-41,46-50,52-53,55-62H2,1-3H3/b10-7-,11-8-,19-16-,20-17-,26-24-,27-25-,31-30-,34-33-,38-37-,39-36-,44-42-,45-43-,54-51-. The van der Waals surface area contributed by atoms with Gasteiger partial charge in [-0.2, -0.15) is 0 Å². The Hall–Kier alpha value is -4.97. The number of hydrogen-bond acceptors (Lipinski definition) is 6. The lowest BCUT2D eigenvalue weighted by Gasteiger charge is -2.18. The maximum atomic E-state index is 12.8. The maximum absolute atomic E-state index is 12.8. The monoisotopic (exact) mass is 991 g/mol. The SMILES string of the molecule is CC/C=C\C/C=C\C/C=C\C/C=C\C/C=C\C/C=C\C/C=C\CCCCCC(=O)OCC(COC(=O)CCCCCCCCCCCC)OC(=O)CC/C=C\C/C=C\C/C=C\C/C=C\C/C=C\C/C=C\CC. The summed E-state index contributed by atoms with van der Waals surface area (Å²) in [5.41, 5.74) is 0. The van der Waals surface area contributed by atoms with Crippen LogP contribution in [-0.4, -0.2) is 37.2 Å². The molecule has 0 aliphatic heterocycles. The Morgan fingerprint density at radius 1 is 0.292 bits per heavy atom. The molecule has 0 spiro atoms. The van der Waals surface area contributed by atoms with E-state index in [1.54, 1.807) is 0 Å². The van der Waals surface area contributed by atoms with E-state index >= 15 is 0 Å². The van der Waals surface area contributed by atoms with Gasteiger partial charge in [0.25, 0.3) is 0 Å². The predicted octanol–water partition coefficient (Wildman–Crippen LogP) is 19.4. The van der Waals surface area contributed by atoms with E-state index in [2.05, 4.69) is 167 Å². The predicted molar refractivity (Wildman–Crippen MR) is 311 cm³/mol. The summed E-state index contributed by atoms with van der Waals surface area (Å²) in [4.78, 5) is 38.0. The lowest BCUT2D eigenvalue weighted by atomic mass is 10.1. The van der Waals surface area contributed by atoms with Gasteiger partial charge < -0.3 is 14.2 Å². The fourth-order valence-electron chi connectivity index (χ4n) is 7.09. The van der Waals surface area contributed by atoms with Crippen molar-refractivity contribution < 1.29 is 28.6 Å². The molecule has 0 heterocycles. The van der Waals surface area contributed by atoms with Crippen molar-refractivity contribution in [1.29, 1.82) is 0 Å². The van der Waals surface area contributed by atoms with Crippen LogP contribution in [0.5, 0.6) is 0 Å². The summed E-state index contributed by atoms with van der Waals surface area (Å²) in [6.07, 6.45) is 85.3. The topological polar surface area (TPSA) is 78.9 Å². The Bertz CT molecular complexity index is 1660. The van der Waals surface area contributed by atoms with Gasteiger partial charge >= 0.3 is 17.9 Å². The van der Waals surface area contributed by atoms with Crippen LogP contribution in [-0.2, 0) is 28.6 Å². The highest BCUT2D eigenvalue weighted by atomic mass is 16.6. The lowest BCUT2D eigenvalue weighted by Crippen LogP contribution is -2.30. The van der Waals surface area contributed by atoms with E-state index in [1.165, 1.54) is 44.9 Å². The third-order valence-electron chi connectivity index (χ3n) is 11.3. The number of ether oxygens (including phenoxy) is 3. The number of carbonyl (C=O) groups excluding carboxylic acids is 3. The van der Waals surface area contributed by atoms with Gasteiger partial charge in [0, 0.05) is 19.3 Å². The van der Waals surface area contributed by atoms with Gasteiger partial charge in [-0.25, -0.2) is 0 Å². The Morgan fingerprint density at radius 3 is 0.903 bits per heavy atom. The average molecular weight is 992 g/mol. The molecule has 0 rings (SSSR count). The van der Waals surface area contributed by atoms with Gasteiger partial charge in [-0.3, -0.25) is 14.4 Å². The van der Waals surface area contributed by atoms with Crippen LogP contribution in [0.15, 0.2) is 158 Å². The van der Waals surface area contributed by atoms with Crippen LogP contribution < -0.4 is 0 Å². The number of rotatable bonds is 49. The molecule has 0 radical (unpaired) electrons. The van der Waals surface area contributed by atoms with Gasteiger partial charge in [-0.1, -0.05) is 243 Å². The quantitative estimate of drug-likeness (QED) is 0.0262. The van der Waals surface area contributed by atoms with Crippen molar-refractivity contribution in [3.05, 3.63) is 158 Å². The van der Waals surface area contributed by atoms with E-state index in [4.69, 9.17) is 14.2 Å². The van der Waals surface area contributed by atoms with Crippen molar-refractivity contribution in [2.45, 2.75) is 226 Å². The van der Waals surface area contributed by atoms with Crippen molar-refractivity contribution in [3.8, 4) is 0 Å². The molecule has 0 amide bonds. The Morgan fingerprint density at radius 2 is 0.569 bits per heavy atom. The number of carbonyl (C=O) groups is 3. The summed E-state index contributed by atoms with van der Waals surface area (Å²) in [6.45, 7) is 6.29. The van der Waals surface area contributed by atoms with Crippen LogP contribution in [0.3, 0.4) is 0 Å². The molecule has 0 fully saturated rings. The second-order valence-electron chi connectivity index (χ2n) is 18.1. The number of unbranched alkanes of at least 4 members (excludes halogenated alkanes) is 12. The van der Waals surface area contributed by atoms with Crippen LogP contribution in [0.4, 0.5) is 0 Å². The lowest BCUT2D eigenvalue weighted by molar-refractivity contribution is -0.166. The molecule has 6 heteroatoms. The van der Waals surface area contributed by atoms with E-state index in [1.807, 2.05) is 12.2 Å². The van der Waals surface area contributed by atoms with Gasteiger partial charge in [0.2, 0.25) is 0 Å². The highest BCUT2D eigenvalue weighted by molar-refractivity contribution is 5.71. The molecule has 0 saturated carbocycles. The molecule has 1 atom stereocenters. The van der Waals surface area contributed by atoms with Crippen LogP contribution in [0.25, 0.3) is 0 Å². The molecule has 1 unspecified atom stereocenters. The van der Waals surface area contributed by atoms with Gasteiger partial charge in [-0.05, 0) is 116 Å². The molecule has 0 bridgehead atoms. The largest absolute Gasteiger partial charge is 0.462 e. The molecule has 72 heavy (non-hydrogen) atoms. The minimum absolute atomic E-state index is 0.125. The highest BCUT2D eigenvalue weighted by Crippen LogP contribution is 2.13. The maximum Gasteiger partial charge on any atom is 0.306 e. The zero-order valence-corrected chi connectivity index (χ0v) is 45.9. The van der Waals surface area contributed by atoms with Gasteiger partial charge in [0.1, 0.15) is 13.2 Å². The van der Waals surface area contributed by atoms with Crippen LogP contribution in [0.1, 0.15) is 220 Å². The smallest absolute Gasteiger partial charge is 0.306 e. The zero-order chi connectivity index (χ0) is 52.2. The minimum Gasteiger partial charge on any atom is -0.462 e. The van der Waals surface area contributed by atoms with E-state index in [0.717, 1.165) is 128 Å². The molecule has 0 aliphatic carbocycles. The molecule has 0 saturated heterocycles. The van der Waals surface area contributed by atoms with Crippen LogP contribution >= 0.6 is 0 Å².